The van der Waals surface area contributed by atoms with Crippen LogP contribution < -0.4 is 14.0 Å². The SMILES string of the molecule is Cc1cn2ccccc2c1-c1ccccc1.[O-][Cl+3]([O-])([O-])O. The van der Waals surface area contributed by atoms with Crippen molar-refractivity contribution in [3.05, 3.63) is 66.5 Å². The van der Waals surface area contributed by atoms with Gasteiger partial charge in [0, 0.05) is 18.0 Å². The van der Waals surface area contributed by atoms with Crippen molar-refractivity contribution >= 4 is 5.52 Å². The number of hydrogen-bond donors (Lipinski definition) is 1. The van der Waals surface area contributed by atoms with Gasteiger partial charge >= 0.3 is 0 Å². The molecule has 1 N–H and O–H groups in total. The zero-order valence-electron chi connectivity index (χ0n) is 11.3. The molecule has 0 spiro atoms. The number of rotatable bonds is 1. The van der Waals surface area contributed by atoms with Crippen LogP contribution in [0, 0.1) is 17.2 Å². The quantitative estimate of drug-likeness (QED) is 0.673. The Balaban J connectivity index is 0.000000282. The number of pyridine rings is 1. The van der Waals surface area contributed by atoms with Crippen LogP contribution in [0.4, 0.5) is 0 Å². The van der Waals surface area contributed by atoms with Crippen molar-refractivity contribution in [3.8, 4) is 11.1 Å². The van der Waals surface area contributed by atoms with E-state index in [1.807, 2.05) is 0 Å². The van der Waals surface area contributed by atoms with Gasteiger partial charge in [-0.2, -0.15) is 14.0 Å². The molecule has 3 rings (SSSR count). The molecule has 2 aromatic heterocycles. The van der Waals surface area contributed by atoms with Crippen molar-refractivity contribution in [2.24, 2.45) is 0 Å². The summed E-state index contributed by atoms with van der Waals surface area (Å²) in [7, 11) is -4.69. The summed E-state index contributed by atoms with van der Waals surface area (Å²) in [5.41, 5.74) is 5.21. The maximum absolute atomic E-state index is 8.60. The Bertz CT molecular complexity index is 713. The Morgan fingerprint density at radius 2 is 1.52 bits per heavy atom. The maximum Gasteiger partial charge on any atom is 0.0777 e. The van der Waals surface area contributed by atoms with Crippen molar-refractivity contribution in [3.63, 3.8) is 0 Å². The van der Waals surface area contributed by atoms with E-state index >= 15 is 0 Å². The lowest BCUT2D eigenvalue weighted by atomic mass is 10.0. The normalized spacial score (nSPS) is 11.1. The predicted molar refractivity (Wildman–Crippen MR) is 69.8 cm³/mol. The van der Waals surface area contributed by atoms with Gasteiger partial charge in [0.05, 0.1) is 20.4 Å². The molecule has 110 valence electrons. The van der Waals surface area contributed by atoms with Crippen LogP contribution in [0.3, 0.4) is 0 Å². The number of hydrogen-bond acceptors (Lipinski definition) is 4. The Labute approximate surface area is 124 Å². The van der Waals surface area contributed by atoms with Crippen LogP contribution >= 0.6 is 0 Å². The summed E-state index contributed by atoms with van der Waals surface area (Å²) < 4.78 is 34.9. The fraction of sp³-hybridized carbons (Fsp3) is 0.0667. The third-order valence-electron chi connectivity index (χ3n) is 2.94. The average molecular weight is 308 g/mol. The molecule has 0 aliphatic carbocycles. The third kappa shape index (κ3) is 4.29. The highest BCUT2D eigenvalue weighted by Gasteiger charge is 2.07. The van der Waals surface area contributed by atoms with E-state index in [2.05, 4.69) is 72.2 Å². The highest BCUT2D eigenvalue weighted by Crippen LogP contribution is 2.29. The first-order valence-corrected chi connectivity index (χ1v) is 7.37. The van der Waals surface area contributed by atoms with Crippen LogP contribution in [-0.4, -0.2) is 9.06 Å². The minimum absolute atomic E-state index is 1.27. The van der Waals surface area contributed by atoms with E-state index in [1.165, 1.54) is 22.2 Å². The van der Waals surface area contributed by atoms with E-state index < -0.39 is 10.2 Å². The van der Waals surface area contributed by atoms with Crippen LogP contribution in [0.2, 0.25) is 0 Å². The molecule has 0 saturated heterocycles. The highest BCUT2D eigenvalue weighted by atomic mass is 35.7. The summed E-state index contributed by atoms with van der Waals surface area (Å²) in [6, 6.07) is 16.8. The first-order valence-electron chi connectivity index (χ1n) is 6.11. The molecule has 0 amide bonds. The van der Waals surface area contributed by atoms with Gasteiger partial charge < -0.3 is 4.40 Å². The molecule has 0 atom stereocenters. The Morgan fingerprint density at radius 1 is 0.952 bits per heavy atom. The maximum atomic E-state index is 8.60. The zero-order valence-corrected chi connectivity index (χ0v) is 12.0. The molecular weight excluding hydrogens is 294 g/mol. The van der Waals surface area contributed by atoms with Crippen LogP contribution in [-0.2, 0) is 0 Å². The first-order chi connectivity index (χ1) is 9.86. The van der Waals surface area contributed by atoms with Gasteiger partial charge in [-0.05, 0) is 30.2 Å². The van der Waals surface area contributed by atoms with Gasteiger partial charge in [-0.3, -0.25) is 0 Å². The molecule has 21 heavy (non-hydrogen) atoms. The van der Waals surface area contributed by atoms with E-state index in [1.54, 1.807) is 0 Å². The van der Waals surface area contributed by atoms with Crippen LogP contribution in [0.15, 0.2) is 60.9 Å². The van der Waals surface area contributed by atoms with Crippen LogP contribution in [0.5, 0.6) is 0 Å². The average Bonchev–Trinajstić information content (AvgIpc) is 2.73. The number of aryl methyl sites for hydroxylation is 1. The van der Waals surface area contributed by atoms with Crippen molar-refractivity contribution in [2.75, 3.05) is 0 Å². The second kappa shape index (κ2) is 6.26. The van der Waals surface area contributed by atoms with Crippen molar-refractivity contribution in [1.29, 1.82) is 0 Å². The van der Waals surface area contributed by atoms with E-state index in [0.717, 1.165) is 0 Å². The molecule has 0 radical (unpaired) electrons. The van der Waals surface area contributed by atoms with Gasteiger partial charge in [0.2, 0.25) is 0 Å². The zero-order chi connectivity index (χ0) is 15.5. The van der Waals surface area contributed by atoms with E-state index in [4.69, 9.17) is 18.6 Å². The van der Waals surface area contributed by atoms with Crippen molar-refractivity contribution in [1.82, 2.24) is 4.40 Å². The molecule has 5 nitrogen and oxygen atoms in total. The third-order valence-corrected chi connectivity index (χ3v) is 2.94. The molecule has 2 heterocycles. The van der Waals surface area contributed by atoms with Crippen molar-refractivity contribution < 1.29 is 28.9 Å². The Hall–Kier alpha value is -1.89. The second-order valence-corrected chi connectivity index (χ2v) is 5.23. The topological polar surface area (TPSA) is 93.8 Å². The standard InChI is InChI=1S/C15H13N.ClHO4/c1-12-11-16-10-6-5-9-14(16)15(12)13-7-3-2-4-8-13;2-1(3,4)5/h2-11H,1H3;(H,2,3,4,5). The van der Waals surface area contributed by atoms with Crippen LogP contribution in [0.25, 0.3) is 16.6 Å². The minimum atomic E-state index is -4.69. The molecule has 3 aromatic rings. The smallest absolute Gasteiger partial charge is 0.0777 e. The van der Waals surface area contributed by atoms with E-state index in [0.29, 0.717) is 0 Å². The van der Waals surface area contributed by atoms with Crippen LogP contribution in [0.1, 0.15) is 5.56 Å². The Morgan fingerprint density at radius 3 is 2.14 bits per heavy atom. The van der Waals surface area contributed by atoms with E-state index in [-0.39, 0.29) is 0 Å². The predicted octanol–water partition coefficient (Wildman–Crippen LogP) is -0.209. The highest BCUT2D eigenvalue weighted by molar-refractivity contribution is 5.83. The lowest BCUT2D eigenvalue weighted by Crippen LogP contribution is -2.58. The fourth-order valence-corrected chi connectivity index (χ4v) is 2.24. The second-order valence-electron chi connectivity index (χ2n) is 4.44. The molecule has 0 aliphatic heterocycles. The van der Waals surface area contributed by atoms with Gasteiger partial charge in [0.1, 0.15) is 0 Å². The van der Waals surface area contributed by atoms with Gasteiger partial charge in [-0.15, -0.1) is 0 Å². The molecule has 0 bridgehead atoms. The molecule has 0 unspecified atom stereocenters. The monoisotopic (exact) mass is 307 g/mol. The minimum Gasteiger partial charge on any atom is -0.323 e. The summed E-state index contributed by atoms with van der Waals surface area (Å²) >= 11 is 0. The molecule has 0 saturated carbocycles. The number of aromatic nitrogens is 1. The van der Waals surface area contributed by atoms with Gasteiger partial charge in [0.15, 0.2) is 0 Å². The fourth-order valence-electron chi connectivity index (χ4n) is 2.24. The van der Waals surface area contributed by atoms with E-state index in [9.17, 15) is 0 Å². The number of nitrogens with zero attached hydrogens (tertiary/aromatic N) is 1. The first kappa shape index (κ1) is 15.5. The lowest BCUT2D eigenvalue weighted by Gasteiger charge is -2.03. The number of benzene rings is 1. The summed E-state index contributed by atoms with van der Waals surface area (Å²) in [4.78, 5) is 0. The van der Waals surface area contributed by atoms with Gasteiger partial charge in [-0.25, -0.2) is 0 Å². The molecule has 6 heteroatoms. The summed E-state index contributed by atoms with van der Waals surface area (Å²) in [6.07, 6.45) is 4.27. The van der Waals surface area contributed by atoms with Crippen molar-refractivity contribution in [2.45, 2.75) is 6.92 Å². The largest absolute Gasteiger partial charge is 0.323 e. The Kier molecular flexibility index (Phi) is 4.62. The van der Waals surface area contributed by atoms with Gasteiger partial charge in [-0.1, -0.05) is 36.4 Å². The summed E-state index contributed by atoms with van der Waals surface area (Å²) in [5, 5.41) is 0. The lowest BCUT2D eigenvalue weighted by molar-refractivity contribution is -1.92. The number of fused-ring (bicyclic) bond motifs is 1. The molecule has 0 fully saturated rings. The van der Waals surface area contributed by atoms with Gasteiger partial charge in [0.25, 0.3) is 0 Å². The molecule has 1 aromatic carbocycles. The number of halogens is 1. The summed E-state index contributed by atoms with van der Waals surface area (Å²) in [5.74, 6) is 0. The molecule has 0 aliphatic rings. The molecular formula is C15H14ClNO4. The summed E-state index contributed by atoms with van der Waals surface area (Å²) in [6.45, 7) is 2.16.